The SMILES string of the molecule is O=C(NN1CCCCC1)c1nc(-c2ccc(Cl)cc2)c(-c2ccc(Cl)cc2)nc1C(=O)OC1CCCCC1. The van der Waals surface area contributed by atoms with Crippen molar-refractivity contribution in [3.8, 4) is 22.5 Å². The third-order valence-electron chi connectivity index (χ3n) is 6.98. The van der Waals surface area contributed by atoms with E-state index in [4.69, 9.17) is 37.9 Å². The van der Waals surface area contributed by atoms with Gasteiger partial charge < -0.3 is 4.74 Å². The first-order valence-electron chi connectivity index (χ1n) is 13.2. The molecule has 1 saturated heterocycles. The third kappa shape index (κ3) is 6.34. The minimum absolute atomic E-state index is 0.0564. The summed E-state index contributed by atoms with van der Waals surface area (Å²) < 4.78 is 5.86. The van der Waals surface area contributed by atoms with E-state index >= 15 is 0 Å². The van der Waals surface area contributed by atoms with E-state index in [1.54, 1.807) is 24.3 Å². The molecule has 0 unspecified atom stereocenters. The number of hydrogen-bond acceptors (Lipinski definition) is 6. The van der Waals surface area contributed by atoms with Crippen LogP contribution in [0.1, 0.15) is 72.3 Å². The fourth-order valence-electron chi connectivity index (χ4n) is 4.95. The van der Waals surface area contributed by atoms with E-state index in [2.05, 4.69) is 5.43 Å². The van der Waals surface area contributed by atoms with Gasteiger partial charge >= 0.3 is 5.97 Å². The molecule has 1 aliphatic heterocycles. The average Bonchev–Trinajstić information content (AvgIpc) is 2.94. The van der Waals surface area contributed by atoms with Crippen molar-refractivity contribution in [2.75, 3.05) is 13.1 Å². The van der Waals surface area contributed by atoms with Crippen LogP contribution in [0.3, 0.4) is 0 Å². The van der Waals surface area contributed by atoms with Crippen LogP contribution < -0.4 is 5.43 Å². The number of carbonyl (C=O) groups excluding carboxylic acids is 2. The van der Waals surface area contributed by atoms with Gasteiger partial charge in [0.05, 0.1) is 11.4 Å². The van der Waals surface area contributed by atoms with Gasteiger partial charge in [0.1, 0.15) is 6.10 Å². The molecule has 9 heteroatoms. The van der Waals surface area contributed by atoms with Crippen LogP contribution in [-0.4, -0.2) is 46.0 Å². The summed E-state index contributed by atoms with van der Waals surface area (Å²) in [5.74, 6) is -1.11. The zero-order chi connectivity index (χ0) is 26.5. The van der Waals surface area contributed by atoms with E-state index in [0.29, 0.717) is 32.6 Å². The maximum absolute atomic E-state index is 13.6. The van der Waals surface area contributed by atoms with Gasteiger partial charge in [-0.2, -0.15) is 0 Å². The van der Waals surface area contributed by atoms with Gasteiger partial charge in [-0.05, 0) is 62.8 Å². The van der Waals surface area contributed by atoms with Crippen molar-refractivity contribution < 1.29 is 14.3 Å². The van der Waals surface area contributed by atoms with Crippen molar-refractivity contribution in [1.29, 1.82) is 0 Å². The molecule has 2 fully saturated rings. The highest BCUT2D eigenvalue weighted by atomic mass is 35.5. The zero-order valence-corrected chi connectivity index (χ0v) is 22.6. The quantitative estimate of drug-likeness (QED) is 0.341. The minimum Gasteiger partial charge on any atom is -0.458 e. The monoisotopic (exact) mass is 552 g/mol. The highest BCUT2D eigenvalue weighted by Gasteiger charge is 2.29. The Morgan fingerprint density at radius 3 is 1.79 bits per heavy atom. The summed E-state index contributed by atoms with van der Waals surface area (Å²) in [6.07, 6.45) is 7.70. The number of hydrazine groups is 1. The Labute approximate surface area is 232 Å². The number of rotatable bonds is 6. The molecule has 0 radical (unpaired) electrons. The van der Waals surface area contributed by atoms with Crippen molar-refractivity contribution in [1.82, 2.24) is 20.4 Å². The molecule has 5 rings (SSSR count). The van der Waals surface area contributed by atoms with Crippen LogP contribution in [-0.2, 0) is 4.74 Å². The number of aromatic nitrogens is 2. The zero-order valence-electron chi connectivity index (χ0n) is 21.1. The Morgan fingerprint density at radius 1 is 0.737 bits per heavy atom. The van der Waals surface area contributed by atoms with Gasteiger partial charge in [0, 0.05) is 34.3 Å². The summed E-state index contributed by atoms with van der Waals surface area (Å²) in [4.78, 5) is 36.6. The number of esters is 1. The molecule has 1 N–H and O–H groups in total. The molecule has 38 heavy (non-hydrogen) atoms. The van der Waals surface area contributed by atoms with Crippen molar-refractivity contribution in [3.63, 3.8) is 0 Å². The Morgan fingerprint density at radius 2 is 1.24 bits per heavy atom. The van der Waals surface area contributed by atoms with E-state index in [1.807, 2.05) is 29.3 Å². The molecule has 2 aliphatic rings. The first-order valence-corrected chi connectivity index (χ1v) is 13.9. The Hall–Kier alpha value is -3.00. The van der Waals surface area contributed by atoms with Crippen LogP contribution in [0.15, 0.2) is 48.5 Å². The molecule has 0 bridgehead atoms. The van der Waals surface area contributed by atoms with Crippen LogP contribution >= 0.6 is 23.2 Å². The van der Waals surface area contributed by atoms with Crippen molar-refractivity contribution in [3.05, 3.63) is 70.0 Å². The molecule has 1 amide bonds. The van der Waals surface area contributed by atoms with Gasteiger partial charge in [-0.15, -0.1) is 0 Å². The molecular weight excluding hydrogens is 523 g/mol. The number of carbonyl (C=O) groups is 2. The van der Waals surface area contributed by atoms with E-state index in [0.717, 1.165) is 64.5 Å². The summed E-state index contributed by atoms with van der Waals surface area (Å²) in [6, 6.07) is 14.3. The summed E-state index contributed by atoms with van der Waals surface area (Å²) in [5.41, 5.74) is 5.12. The molecule has 3 aromatic rings. The Kier molecular flexibility index (Phi) is 8.57. The van der Waals surface area contributed by atoms with E-state index in [1.165, 1.54) is 0 Å². The summed E-state index contributed by atoms with van der Waals surface area (Å²) >= 11 is 12.3. The lowest BCUT2D eigenvalue weighted by molar-refractivity contribution is 0.0200. The van der Waals surface area contributed by atoms with E-state index in [9.17, 15) is 9.59 Å². The minimum atomic E-state index is -0.633. The summed E-state index contributed by atoms with van der Waals surface area (Å²) in [5, 5.41) is 3.02. The maximum Gasteiger partial charge on any atom is 0.359 e. The number of hydrogen-bond donors (Lipinski definition) is 1. The van der Waals surface area contributed by atoms with Gasteiger partial charge in [-0.1, -0.05) is 60.3 Å². The van der Waals surface area contributed by atoms with Crippen molar-refractivity contribution in [2.45, 2.75) is 57.5 Å². The van der Waals surface area contributed by atoms with Crippen LogP contribution in [0.5, 0.6) is 0 Å². The van der Waals surface area contributed by atoms with Gasteiger partial charge in [0.25, 0.3) is 5.91 Å². The molecule has 1 saturated carbocycles. The topological polar surface area (TPSA) is 84.4 Å². The van der Waals surface area contributed by atoms with Crippen molar-refractivity contribution in [2.24, 2.45) is 0 Å². The average molecular weight is 553 g/mol. The Balaban J connectivity index is 1.61. The van der Waals surface area contributed by atoms with E-state index in [-0.39, 0.29) is 17.5 Å². The van der Waals surface area contributed by atoms with E-state index < -0.39 is 11.9 Å². The summed E-state index contributed by atoms with van der Waals surface area (Å²) in [6.45, 7) is 1.49. The van der Waals surface area contributed by atoms with Gasteiger partial charge in [0.2, 0.25) is 0 Å². The number of halogens is 2. The second kappa shape index (κ2) is 12.2. The van der Waals surface area contributed by atoms with Crippen LogP contribution in [0.4, 0.5) is 0 Å². The lowest BCUT2D eigenvalue weighted by Crippen LogP contribution is -2.45. The van der Waals surface area contributed by atoms with Crippen LogP contribution in [0, 0.1) is 0 Å². The highest BCUT2D eigenvalue weighted by molar-refractivity contribution is 6.31. The largest absolute Gasteiger partial charge is 0.458 e. The predicted molar refractivity (Wildman–Crippen MR) is 148 cm³/mol. The first kappa shape index (κ1) is 26.6. The van der Waals surface area contributed by atoms with Crippen LogP contribution in [0.25, 0.3) is 22.5 Å². The second-order valence-electron chi connectivity index (χ2n) is 9.79. The smallest absolute Gasteiger partial charge is 0.359 e. The fourth-order valence-corrected chi connectivity index (χ4v) is 5.20. The molecular formula is C29H30Cl2N4O3. The third-order valence-corrected chi connectivity index (χ3v) is 7.49. The number of piperidine rings is 1. The Bertz CT molecular complexity index is 1190. The number of amides is 1. The molecule has 1 aliphatic carbocycles. The molecule has 2 aromatic carbocycles. The normalized spacial score (nSPS) is 16.7. The number of nitrogens with zero attached hydrogens (tertiary/aromatic N) is 3. The maximum atomic E-state index is 13.6. The summed E-state index contributed by atoms with van der Waals surface area (Å²) in [7, 11) is 0. The molecule has 198 valence electrons. The fraction of sp³-hybridized carbons (Fsp3) is 0.379. The number of ether oxygens (including phenoxy) is 1. The first-order chi connectivity index (χ1) is 18.5. The number of nitrogens with one attached hydrogen (secondary N) is 1. The van der Waals surface area contributed by atoms with Gasteiger partial charge in [0.15, 0.2) is 11.4 Å². The van der Waals surface area contributed by atoms with Crippen LogP contribution in [0.2, 0.25) is 10.0 Å². The molecule has 7 nitrogen and oxygen atoms in total. The lowest BCUT2D eigenvalue weighted by Gasteiger charge is -2.27. The molecule has 0 spiro atoms. The molecule has 1 aromatic heterocycles. The van der Waals surface area contributed by atoms with Gasteiger partial charge in [-0.25, -0.2) is 19.8 Å². The lowest BCUT2D eigenvalue weighted by atomic mass is 9.98. The van der Waals surface area contributed by atoms with Crippen molar-refractivity contribution >= 4 is 35.1 Å². The molecule has 2 heterocycles. The second-order valence-corrected chi connectivity index (χ2v) is 10.7. The standard InChI is InChI=1S/C29H30Cl2N4O3/c30-21-13-9-19(10-14-21)24-25(20-11-15-22(31)16-12-20)33-27(29(37)38-23-7-3-1-4-8-23)26(32-24)28(36)34-35-17-5-2-6-18-35/h9-16,23H,1-8,17-18H2,(H,34,36). The van der Waals surface area contributed by atoms with Gasteiger partial charge in [-0.3, -0.25) is 10.2 Å². The highest BCUT2D eigenvalue weighted by Crippen LogP contribution is 2.32. The number of benzene rings is 2. The molecule has 0 atom stereocenters. The predicted octanol–water partition coefficient (Wildman–Crippen LogP) is 6.74.